The number of halogens is 1. The van der Waals surface area contributed by atoms with Crippen molar-refractivity contribution < 1.29 is 5.21 Å². The lowest BCUT2D eigenvalue weighted by Crippen LogP contribution is -2.25. The van der Waals surface area contributed by atoms with Gasteiger partial charge in [-0.15, -0.1) is 0 Å². The molecule has 0 aliphatic heterocycles. The number of oxime groups is 1. The van der Waals surface area contributed by atoms with Gasteiger partial charge < -0.3 is 15.8 Å². The molecular formula is C11H16BrN3O. The Kier molecular flexibility index (Phi) is 4.18. The van der Waals surface area contributed by atoms with Crippen molar-refractivity contribution in [2.45, 2.75) is 19.9 Å². The summed E-state index contributed by atoms with van der Waals surface area (Å²) in [5, 5.41) is 11.6. The summed E-state index contributed by atoms with van der Waals surface area (Å²) in [5.41, 5.74) is 7.30. The molecule has 0 aliphatic rings. The minimum absolute atomic E-state index is 0.102. The average Bonchev–Trinajstić information content (AvgIpc) is 2.26. The molecule has 0 aliphatic carbocycles. The minimum Gasteiger partial charge on any atom is -0.409 e. The topological polar surface area (TPSA) is 61.8 Å². The van der Waals surface area contributed by atoms with E-state index in [9.17, 15) is 0 Å². The van der Waals surface area contributed by atoms with E-state index in [-0.39, 0.29) is 5.84 Å². The zero-order valence-electron chi connectivity index (χ0n) is 9.61. The molecule has 16 heavy (non-hydrogen) atoms. The number of nitrogens with two attached hydrogens (primary N) is 1. The highest BCUT2D eigenvalue weighted by Gasteiger charge is 2.09. The lowest BCUT2D eigenvalue weighted by Gasteiger charge is -2.24. The molecule has 3 N–H and O–H groups in total. The lowest BCUT2D eigenvalue weighted by atomic mass is 10.1. The standard InChI is InChI=1S/C11H16BrN3O/c1-7(2)15(3)8-4-5-9(10(12)6-8)11(13)14-16/h4-7,16H,1-3H3,(H2,13,14). The number of hydrogen-bond acceptors (Lipinski definition) is 3. The van der Waals surface area contributed by atoms with Gasteiger partial charge in [-0.3, -0.25) is 0 Å². The molecule has 1 aromatic rings. The first-order valence-corrected chi connectivity index (χ1v) is 5.77. The van der Waals surface area contributed by atoms with E-state index in [1.165, 1.54) is 0 Å². The highest BCUT2D eigenvalue weighted by Crippen LogP contribution is 2.24. The first kappa shape index (κ1) is 12.8. The van der Waals surface area contributed by atoms with Crippen molar-refractivity contribution >= 4 is 27.5 Å². The van der Waals surface area contributed by atoms with E-state index in [0.717, 1.165) is 10.2 Å². The maximum Gasteiger partial charge on any atom is 0.171 e. The Bertz CT molecular complexity index is 404. The molecule has 0 saturated carbocycles. The molecule has 0 saturated heterocycles. The molecule has 0 aromatic heterocycles. The maximum absolute atomic E-state index is 8.61. The molecule has 4 nitrogen and oxygen atoms in total. The van der Waals surface area contributed by atoms with Crippen LogP contribution in [0.15, 0.2) is 27.8 Å². The van der Waals surface area contributed by atoms with E-state index < -0.39 is 0 Å². The van der Waals surface area contributed by atoms with Gasteiger partial charge in [-0.1, -0.05) is 5.16 Å². The fourth-order valence-corrected chi connectivity index (χ4v) is 1.85. The predicted octanol–water partition coefficient (Wildman–Crippen LogP) is 2.39. The number of benzene rings is 1. The first-order valence-electron chi connectivity index (χ1n) is 4.97. The second-order valence-corrected chi connectivity index (χ2v) is 4.71. The summed E-state index contributed by atoms with van der Waals surface area (Å²) < 4.78 is 0.813. The molecule has 0 atom stereocenters. The smallest absolute Gasteiger partial charge is 0.171 e. The molecule has 0 fully saturated rings. The number of nitrogens with zero attached hydrogens (tertiary/aromatic N) is 2. The van der Waals surface area contributed by atoms with Gasteiger partial charge in [-0.25, -0.2) is 0 Å². The molecule has 1 rings (SSSR count). The molecule has 0 radical (unpaired) electrons. The average molecular weight is 286 g/mol. The molecule has 0 bridgehead atoms. The molecule has 0 spiro atoms. The number of hydrogen-bond donors (Lipinski definition) is 2. The Morgan fingerprint density at radius 2 is 2.12 bits per heavy atom. The maximum atomic E-state index is 8.61. The van der Waals surface area contributed by atoms with Crippen LogP contribution in [0, 0.1) is 0 Å². The Balaban J connectivity index is 3.09. The van der Waals surface area contributed by atoms with Crippen molar-refractivity contribution in [1.29, 1.82) is 0 Å². The Labute approximate surface area is 104 Å². The Morgan fingerprint density at radius 1 is 1.50 bits per heavy atom. The molecule has 5 heteroatoms. The van der Waals surface area contributed by atoms with Crippen LogP contribution < -0.4 is 10.6 Å². The van der Waals surface area contributed by atoms with Gasteiger partial charge in [0.05, 0.1) is 0 Å². The van der Waals surface area contributed by atoms with E-state index in [4.69, 9.17) is 10.9 Å². The van der Waals surface area contributed by atoms with Crippen molar-refractivity contribution in [2.75, 3.05) is 11.9 Å². The fourth-order valence-electron chi connectivity index (χ4n) is 1.28. The van der Waals surface area contributed by atoms with Gasteiger partial charge in [-0.2, -0.15) is 0 Å². The van der Waals surface area contributed by atoms with E-state index in [1.54, 1.807) is 0 Å². The van der Waals surface area contributed by atoms with Crippen molar-refractivity contribution in [3.8, 4) is 0 Å². The third-order valence-corrected chi connectivity index (χ3v) is 3.17. The van der Waals surface area contributed by atoms with Crippen molar-refractivity contribution in [3.05, 3.63) is 28.2 Å². The fraction of sp³-hybridized carbons (Fsp3) is 0.364. The normalized spacial score (nSPS) is 11.9. The lowest BCUT2D eigenvalue weighted by molar-refractivity contribution is 0.318. The number of amidine groups is 1. The summed E-state index contributed by atoms with van der Waals surface area (Å²) in [7, 11) is 2.02. The van der Waals surface area contributed by atoms with Gasteiger partial charge in [0.1, 0.15) is 0 Å². The van der Waals surface area contributed by atoms with Crippen molar-refractivity contribution in [1.82, 2.24) is 0 Å². The third-order valence-electron chi connectivity index (χ3n) is 2.52. The van der Waals surface area contributed by atoms with E-state index >= 15 is 0 Å². The molecular weight excluding hydrogens is 270 g/mol. The molecule has 0 unspecified atom stereocenters. The Hall–Kier alpha value is -1.23. The zero-order valence-corrected chi connectivity index (χ0v) is 11.2. The molecule has 1 aromatic carbocycles. The van der Waals surface area contributed by atoms with Crippen LogP contribution in [-0.4, -0.2) is 24.1 Å². The van der Waals surface area contributed by atoms with Crippen molar-refractivity contribution in [2.24, 2.45) is 10.9 Å². The number of anilines is 1. The van der Waals surface area contributed by atoms with Crippen LogP contribution in [0.2, 0.25) is 0 Å². The third kappa shape index (κ3) is 2.66. The quantitative estimate of drug-likeness (QED) is 0.388. The largest absolute Gasteiger partial charge is 0.409 e. The summed E-state index contributed by atoms with van der Waals surface area (Å²) in [5.74, 6) is 0.102. The van der Waals surface area contributed by atoms with Crippen LogP contribution in [0.4, 0.5) is 5.69 Å². The Morgan fingerprint density at radius 3 is 2.56 bits per heavy atom. The van der Waals surface area contributed by atoms with Crippen LogP contribution in [0.5, 0.6) is 0 Å². The van der Waals surface area contributed by atoms with Gasteiger partial charge >= 0.3 is 0 Å². The second kappa shape index (κ2) is 5.21. The van der Waals surface area contributed by atoms with Gasteiger partial charge in [0, 0.05) is 28.8 Å². The van der Waals surface area contributed by atoms with Gasteiger partial charge in [0.25, 0.3) is 0 Å². The second-order valence-electron chi connectivity index (χ2n) is 3.85. The minimum atomic E-state index is 0.102. The summed E-state index contributed by atoms with van der Waals surface area (Å²) in [6, 6.07) is 6.14. The zero-order chi connectivity index (χ0) is 12.3. The van der Waals surface area contributed by atoms with Gasteiger partial charge in [0.15, 0.2) is 5.84 Å². The summed E-state index contributed by atoms with van der Waals surface area (Å²) >= 11 is 3.41. The first-order chi connectivity index (χ1) is 7.47. The summed E-state index contributed by atoms with van der Waals surface area (Å²) in [6.45, 7) is 4.23. The summed E-state index contributed by atoms with van der Waals surface area (Å²) in [6.07, 6.45) is 0. The SMILES string of the molecule is CC(C)N(C)c1ccc(/C(N)=N/O)c(Br)c1. The van der Waals surface area contributed by atoms with Crippen LogP contribution in [-0.2, 0) is 0 Å². The van der Waals surface area contributed by atoms with Gasteiger partial charge in [0.2, 0.25) is 0 Å². The molecule has 0 amide bonds. The highest BCUT2D eigenvalue weighted by atomic mass is 79.9. The van der Waals surface area contributed by atoms with Crippen LogP contribution in [0.3, 0.4) is 0 Å². The summed E-state index contributed by atoms with van der Waals surface area (Å²) in [4.78, 5) is 2.14. The number of rotatable bonds is 3. The molecule has 88 valence electrons. The van der Waals surface area contributed by atoms with Crippen LogP contribution in [0.1, 0.15) is 19.4 Å². The van der Waals surface area contributed by atoms with Gasteiger partial charge in [-0.05, 0) is 48.0 Å². The van der Waals surface area contributed by atoms with E-state index in [1.807, 2.05) is 25.2 Å². The highest BCUT2D eigenvalue weighted by molar-refractivity contribution is 9.10. The van der Waals surface area contributed by atoms with Crippen molar-refractivity contribution in [3.63, 3.8) is 0 Å². The van der Waals surface area contributed by atoms with Crippen LogP contribution in [0.25, 0.3) is 0 Å². The predicted molar refractivity (Wildman–Crippen MR) is 70.2 cm³/mol. The molecule has 0 heterocycles. The van der Waals surface area contributed by atoms with Crippen LogP contribution >= 0.6 is 15.9 Å². The monoisotopic (exact) mass is 285 g/mol. The van der Waals surface area contributed by atoms with E-state index in [2.05, 4.69) is 39.8 Å². The van der Waals surface area contributed by atoms with E-state index in [0.29, 0.717) is 11.6 Å².